The molecule has 0 saturated heterocycles. The van der Waals surface area contributed by atoms with Crippen molar-refractivity contribution in [3.05, 3.63) is 46.0 Å². The van der Waals surface area contributed by atoms with Crippen LogP contribution in [0.2, 0.25) is 10.0 Å². The van der Waals surface area contributed by atoms with Crippen molar-refractivity contribution in [2.24, 2.45) is 0 Å². The number of anilines is 1. The highest BCUT2D eigenvalue weighted by atomic mass is 35.5. The van der Waals surface area contributed by atoms with Gasteiger partial charge >= 0.3 is 6.61 Å². The van der Waals surface area contributed by atoms with E-state index in [1.807, 2.05) is 0 Å². The number of hydrogen-bond acceptors (Lipinski definition) is 4. The van der Waals surface area contributed by atoms with Crippen LogP contribution in [0.4, 0.5) is 18.9 Å². The molecule has 3 rings (SSSR count). The fraction of sp³-hybridized carbons (Fsp3) is 0.333. The molecule has 1 aromatic heterocycles. The molecular formula is C18H15Cl2F3N2O3. The predicted octanol–water partition coefficient (Wildman–Crippen LogP) is 5.70. The Bertz CT molecular complexity index is 857. The van der Waals surface area contributed by atoms with E-state index < -0.39 is 29.6 Å². The summed E-state index contributed by atoms with van der Waals surface area (Å²) in [7, 11) is 0. The van der Waals surface area contributed by atoms with Gasteiger partial charge in [-0.3, -0.25) is 9.78 Å². The average molecular weight is 435 g/mol. The zero-order valence-corrected chi connectivity index (χ0v) is 15.9. The maximum absolute atomic E-state index is 14.4. The number of ether oxygens (including phenoxy) is 2. The molecule has 0 spiro atoms. The number of rotatable bonds is 6. The lowest BCUT2D eigenvalue weighted by atomic mass is 10.1. The monoisotopic (exact) mass is 434 g/mol. The summed E-state index contributed by atoms with van der Waals surface area (Å²) in [4.78, 5) is 16.3. The lowest BCUT2D eigenvalue weighted by molar-refractivity contribution is -0.0522. The van der Waals surface area contributed by atoms with Gasteiger partial charge in [-0.15, -0.1) is 0 Å². The molecule has 0 radical (unpaired) electrons. The number of amides is 1. The smallest absolute Gasteiger partial charge is 0.387 e. The first-order chi connectivity index (χ1) is 13.3. The lowest BCUT2D eigenvalue weighted by Crippen LogP contribution is -2.17. The molecule has 1 aliphatic carbocycles. The number of carbonyl (C=O) groups excluding carboxylic acids is 1. The second kappa shape index (κ2) is 8.87. The van der Waals surface area contributed by atoms with Crippen molar-refractivity contribution in [2.75, 3.05) is 5.32 Å². The van der Waals surface area contributed by atoms with E-state index in [9.17, 15) is 18.0 Å². The first kappa shape index (κ1) is 20.5. The zero-order chi connectivity index (χ0) is 20.3. The van der Waals surface area contributed by atoms with Gasteiger partial charge in [-0.05, 0) is 31.7 Å². The zero-order valence-electron chi connectivity index (χ0n) is 14.4. The summed E-state index contributed by atoms with van der Waals surface area (Å²) in [5.41, 5.74) is -0.382. The van der Waals surface area contributed by atoms with Gasteiger partial charge in [-0.1, -0.05) is 23.2 Å². The molecule has 1 aromatic carbocycles. The maximum Gasteiger partial charge on any atom is 0.387 e. The second-order valence-electron chi connectivity index (χ2n) is 6.11. The van der Waals surface area contributed by atoms with E-state index in [0.29, 0.717) is 6.07 Å². The van der Waals surface area contributed by atoms with Gasteiger partial charge in [0.15, 0.2) is 11.5 Å². The highest BCUT2D eigenvalue weighted by Gasteiger charge is 2.24. The highest BCUT2D eigenvalue weighted by Crippen LogP contribution is 2.36. The Kier molecular flexibility index (Phi) is 6.51. The Morgan fingerprint density at radius 2 is 1.79 bits per heavy atom. The van der Waals surface area contributed by atoms with Crippen molar-refractivity contribution in [3.8, 4) is 11.5 Å². The molecule has 5 nitrogen and oxygen atoms in total. The van der Waals surface area contributed by atoms with Crippen LogP contribution in [0.25, 0.3) is 0 Å². The number of nitrogens with zero attached hydrogens (tertiary/aromatic N) is 1. The topological polar surface area (TPSA) is 60.5 Å². The summed E-state index contributed by atoms with van der Waals surface area (Å²) in [6.07, 6.45) is 5.63. The number of halogens is 5. The normalized spacial score (nSPS) is 14.4. The minimum absolute atomic E-state index is 0.0499. The van der Waals surface area contributed by atoms with Gasteiger partial charge in [0, 0.05) is 18.5 Å². The van der Waals surface area contributed by atoms with Crippen molar-refractivity contribution in [3.63, 3.8) is 0 Å². The number of hydrogen-bond donors (Lipinski definition) is 1. The summed E-state index contributed by atoms with van der Waals surface area (Å²) in [6, 6.07) is 1.73. The molecule has 1 fully saturated rings. The molecule has 10 heteroatoms. The Hall–Kier alpha value is -2.19. The minimum Gasteiger partial charge on any atom is -0.487 e. The van der Waals surface area contributed by atoms with Crippen molar-refractivity contribution in [1.29, 1.82) is 0 Å². The molecule has 1 amide bonds. The summed E-state index contributed by atoms with van der Waals surface area (Å²) in [6.45, 7) is -3.17. The number of benzene rings is 1. The second-order valence-corrected chi connectivity index (χ2v) is 6.93. The van der Waals surface area contributed by atoms with Crippen LogP contribution in [0.15, 0.2) is 24.5 Å². The summed E-state index contributed by atoms with van der Waals surface area (Å²) < 4.78 is 49.8. The van der Waals surface area contributed by atoms with E-state index in [0.717, 1.165) is 31.7 Å². The first-order valence-electron chi connectivity index (χ1n) is 8.40. The number of carbonyl (C=O) groups is 1. The van der Waals surface area contributed by atoms with Gasteiger partial charge in [0.2, 0.25) is 0 Å². The molecular weight excluding hydrogens is 420 g/mol. The predicted molar refractivity (Wildman–Crippen MR) is 98.1 cm³/mol. The molecule has 150 valence electrons. The molecule has 0 unspecified atom stereocenters. The maximum atomic E-state index is 14.4. The number of nitrogens with one attached hydrogen (secondary N) is 1. The first-order valence-corrected chi connectivity index (χ1v) is 9.16. The minimum atomic E-state index is -3.17. The van der Waals surface area contributed by atoms with Crippen LogP contribution in [0, 0.1) is 5.82 Å². The fourth-order valence-electron chi connectivity index (χ4n) is 2.89. The third kappa shape index (κ3) is 4.80. The van der Waals surface area contributed by atoms with Crippen molar-refractivity contribution in [2.45, 2.75) is 38.4 Å². The Morgan fingerprint density at radius 1 is 1.14 bits per heavy atom. The Labute approximate surface area is 168 Å². The van der Waals surface area contributed by atoms with Crippen LogP contribution in [0.1, 0.15) is 36.0 Å². The molecule has 2 aromatic rings. The van der Waals surface area contributed by atoms with Crippen molar-refractivity contribution >= 4 is 34.8 Å². The summed E-state index contributed by atoms with van der Waals surface area (Å²) in [5.74, 6) is -2.55. The third-order valence-corrected chi connectivity index (χ3v) is 4.76. The van der Waals surface area contributed by atoms with Crippen LogP contribution in [-0.4, -0.2) is 23.6 Å². The van der Waals surface area contributed by atoms with Crippen LogP contribution in [0.3, 0.4) is 0 Å². The molecule has 1 N–H and O–H groups in total. The van der Waals surface area contributed by atoms with E-state index in [2.05, 4.69) is 15.0 Å². The van der Waals surface area contributed by atoms with E-state index in [-0.39, 0.29) is 27.6 Å². The van der Waals surface area contributed by atoms with Gasteiger partial charge in [-0.25, -0.2) is 4.39 Å². The van der Waals surface area contributed by atoms with Gasteiger partial charge in [-0.2, -0.15) is 8.78 Å². The van der Waals surface area contributed by atoms with E-state index in [1.54, 1.807) is 0 Å². The van der Waals surface area contributed by atoms with Crippen molar-refractivity contribution in [1.82, 2.24) is 4.98 Å². The number of aromatic nitrogens is 1. The highest BCUT2D eigenvalue weighted by molar-refractivity contribution is 6.39. The van der Waals surface area contributed by atoms with Gasteiger partial charge in [0.1, 0.15) is 5.82 Å². The van der Waals surface area contributed by atoms with E-state index in [1.165, 1.54) is 12.4 Å². The molecule has 0 aliphatic heterocycles. The number of pyridine rings is 1. The largest absolute Gasteiger partial charge is 0.487 e. The molecule has 0 atom stereocenters. The third-order valence-electron chi connectivity index (χ3n) is 4.18. The Morgan fingerprint density at radius 3 is 2.39 bits per heavy atom. The van der Waals surface area contributed by atoms with Crippen molar-refractivity contribution < 1.29 is 27.4 Å². The van der Waals surface area contributed by atoms with Crippen LogP contribution in [-0.2, 0) is 0 Å². The molecule has 1 heterocycles. The molecule has 28 heavy (non-hydrogen) atoms. The lowest BCUT2D eigenvalue weighted by Gasteiger charge is -2.18. The van der Waals surface area contributed by atoms with Gasteiger partial charge in [0.05, 0.1) is 27.4 Å². The van der Waals surface area contributed by atoms with Crippen LogP contribution in [0.5, 0.6) is 11.5 Å². The van der Waals surface area contributed by atoms with Gasteiger partial charge in [0.25, 0.3) is 5.91 Å². The van der Waals surface area contributed by atoms with Crippen LogP contribution < -0.4 is 14.8 Å². The van der Waals surface area contributed by atoms with E-state index in [4.69, 9.17) is 27.9 Å². The Balaban J connectivity index is 1.92. The summed E-state index contributed by atoms with van der Waals surface area (Å²) in [5, 5.41) is 2.50. The summed E-state index contributed by atoms with van der Waals surface area (Å²) >= 11 is 11.9. The van der Waals surface area contributed by atoms with Crippen LogP contribution >= 0.6 is 23.2 Å². The molecule has 1 saturated carbocycles. The standard InChI is InChI=1S/C18H15Cl2F3N2O3/c19-11-7-24-8-12(20)16(11)25-17(26)10-5-14(27-9-3-1-2-4-9)15(6-13(10)21)28-18(22)23/h5-9,18H,1-4H2,(H,24,25,26). The molecule has 1 aliphatic rings. The fourth-order valence-corrected chi connectivity index (χ4v) is 3.35. The molecule has 0 bridgehead atoms. The SMILES string of the molecule is O=C(Nc1c(Cl)cncc1Cl)c1cc(OC2CCCC2)c(OC(F)F)cc1F. The average Bonchev–Trinajstić information content (AvgIpc) is 3.13. The van der Waals surface area contributed by atoms with E-state index >= 15 is 0 Å². The van der Waals surface area contributed by atoms with Gasteiger partial charge < -0.3 is 14.8 Å². The quantitative estimate of drug-likeness (QED) is 0.632. The number of alkyl halides is 2.